The number of nitrogens with one attached hydrogen (secondary N) is 1. The molecule has 124 valence electrons. The van der Waals surface area contributed by atoms with Crippen LogP contribution in [0.25, 0.3) is 5.69 Å². The first-order valence-corrected chi connectivity index (χ1v) is 7.61. The van der Waals surface area contributed by atoms with E-state index in [1.165, 1.54) is 0 Å². The van der Waals surface area contributed by atoms with Gasteiger partial charge in [0.1, 0.15) is 12.4 Å². The number of benzene rings is 1. The Balaban J connectivity index is 1.85. The summed E-state index contributed by atoms with van der Waals surface area (Å²) in [6.07, 6.45) is 0. The van der Waals surface area contributed by atoms with E-state index in [9.17, 15) is 4.79 Å². The third-order valence-electron chi connectivity index (χ3n) is 3.70. The molecule has 0 aliphatic heterocycles. The molecule has 3 rings (SSSR count). The first kappa shape index (κ1) is 16.0. The second-order valence-corrected chi connectivity index (χ2v) is 5.45. The van der Waals surface area contributed by atoms with E-state index in [1.54, 1.807) is 19.2 Å². The van der Waals surface area contributed by atoms with Crippen molar-refractivity contribution in [1.82, 2.24) is 9.78 Å². The van der Waals surface area contributed by atoms with Crippen LogP contribution >= 0.6 is 0 Å². The second-order valence-electron chi connectivity index (χ2n) is 5.45. The van der Waals surface area contributed by atoms with Crippen LogP contribution in [-0.4, -0.2) is 22.8 Å². The molecule has 0 radical (unpaired) electrons. The summed E-state index contributed by atoms with van der Waals surface area (Å²) in [7, 11) is 1.58. The maximum Gasteiger partial charge on any atom is 0.291 e. The minimum atomic E-state index is -0.309. The first-order valence-electron chi connectivity index (χ1n) is 7.61. The van der Waals surface area contributed by atoms with E-state index < -0.39 is 0 Å². The summed E-state index contributed by atoms with van der Waals surface area (Å²) in [5, 5.41) is 7.40. The second kappa shape index (κ2) is 6.72. The number of furan rings is 1. The third-order valence-corrected chi connectivity index (χ3v) is 3.70. The lowest BCUT2D eigenvalue weighted by molar-refractivity contribution is 0.0987. The molecule has 1 amide bonds. The smallest absolute Gasteiger partial charge is 0.291 e. The molecule has 6 nitrogen and oxygen atoms in total. The van der Waals surface area contributed by atoms with E-state index >= 15 is 0 Å². The molecule has 0 aliphatic carbocycles. The van der Waals surface area contributed by atoms with Gasteiger partial charge in [0.25, 0.3) is 5.91 Å². The van der Waals surface area contributed by atoms with Crippen LogP contribution in [0.5, 0.6) is 0 Å². The standard InChI is InChI=1S/C18H19N3O3/c1-12-17(13(2)21(20-12)14-7-5-4-6-8-14)19-18(22)16-10-9-15(24-16)11-23-3/h4-10H,11H2,1-3H3,(H,19,22). The third kappa shape index (κ3) is 3.09. The molecule has 0 unspecified atom stereocenters. The zero-order chi connectivity index (χ0) is 17.1. The van der Waals surface area contributed by atoms with Crippen molar-refractivity contribution in [2.75, 3.05) is 12.4 Å². The average molecular weight is 325 g/mol. The first-order chi connectivity index (χ1) is 11.6. The predicted octanol–water partition coefficient (Wildman–Crippen LogP) is 3.48. The van der Waals surface area contributed by atoms with Crippen molar-refractivity contribution in [1.29, 1.82) is 0 Å². The molecule has 0 aliphatic rings. The van der Waals surface area contributed by atoms with Crippen LogP contribution in [0.15, 0.2) is 46.9 Å². The van der Waals surface area contributed by atoms with Crippen molar-refractivity contribution in [3.8, 4) is 5.69 Å². The number of aryl methyl sites for hydroxylation is 1. The number of methoxy groups -OCH3 is 1. The Morgan fingerprint density at radius 1 is 1.21 bits per heavy atom. The highest BCUT2D eigenvalue weighted by Crippen LogP contribution is 2.23. The number of hydrogen-bond donors (Lipinski definition) is 1. The lowest BCUT2D eigenvalue weighted by Gasteiger charge is -2.06. The topological polar surface area (TPSA) is 69.3 Å². The SMILES string of the molecule is COCc1ccc(C(=O)Nc2c(C)nn(-c3ccccc3)c2C)o1. The lowest BCUT2D eigenvalue weighted by atomic mass is 10.3. The predicted molar refractivity (Wildman–Crippen MR) is 90.4 cm³/mol. The van der Waals surface area contributed by atoms with Gasteiger partial charge in [-0.3, -0.25) is 4.79 Å². The minimum absolute atomic E-state index is 0.244. The largest absolute Gasteiger partial charge is 0.453 e. The van der Waals surface area contributed by atoms with Crippen molar-refractivity contribution in [3.63, 3.8) is 0 Å². The van der Waals surface area contributed by atoms with E-state index in [1.807, 2.05) is 48.9 Å². The van der Waals surface area contributed by atoms with Crippen LogP contribution in [0.3, 0.4) is 0 Å². The number of nitrogens with zero attached hydrogens (tertiary/aromatic N) is 2. The van der Waals surface area contributed by atoms with Crippen LogP contribution in [0.4, 0.5) is 5.69 Å². The van der Waals surface area contributed by atoms with Crippen molar-refractivity contribution >= 4 is 11.6 Å². The number of ether oxygens (including phenoxy) is 1. The Morgan fingerprint density at radius 3 is 2.67 bits per heavy atom. The zero-order valence-corrected chi connectivity index (χ0v) is 13.9. The molecular weight excluding hydrogens is 306 g/mol. The van der Waals surface area contributed by atoms with Gasteiger partial charge >= 0.3 is 0 Å². The Morgan fingerprint density at radius 2 is 1.96 bits per heavy atom. The van der Waals surface area contributed by atoms with Crippen LogP contribution in [0.1, 0.15) is 27.7 Å². The zero-order valence-electron chi connectivity index (χ0n) is 13.9. The molecule has 0 spiro atoms. The highest BCUT2D eigenvalue weighted by molar-refractivity contribution is 6.03. The fourth-order valence-corrected chi connectivity index (χ4v) is 2.54. The van der Waals surface area contributed by atoms with E-state index in [2.05, 4.69) is 10.4 Å². The van der Waals surface area contributed by atoms with E-state index in [0.29, 0.717) is 18.1 Å². The summed E-state index contributed by atoms with van der Waals surface area (Å²) in [4.78, 5) is 12.4. The number of anilines is 1. The summed E-state index contributed by atoms with van der Waals surface area (Å²) in [5.41, 5.74) is 3.23. The Kier molecular flexibility index (Phi) is 4.48. The molecule has 0 fully saturated rings. The number of rotatable bonds is 5. The molecular formula is C18H19N3O3. The van der Waals surface area contributed by atoms with Crippen LogP contribution in [0.2, 0.25) is 0 Å². The number of hydrogen-bond acceptors (Lipinski definition) is 4. The molecule has 2 heterocycles. The van der Waals surface area contributed by atoms with Gasteiger partial charge < -0.3 is 14.5 Å². The summed E-state index contributed by atoms with van der Waals surface area (Å²) in [5.74, 6) is 0.542. The van der Waals surface area contributed by atoms with Gasteiger partial charge in [-0.15, -0.1) is 0 Å². The number of carbonyl (C=O) groups is 1. The Bertz CT molecular complexity index is 850. The van der Waals surface area contributed by atoms with Gasteiger partial charge in [0.15, 0.2) is 5.76 Å². The molecule has 2 aromatic heterocycles. The highest BCUT2D eigenvalue weighted by Gasteiger charge is 2.18. The molecule has 1 aromatic carbocycles. The van der Waals surface area contributed by atoms with E-state index in [-0.39, 0.29) is 11.7 Å². The van der Waals surface area contributed by atoms with Crippen LogP contribution in [0, 0.1) is 13.8 Å². The minimum Gasteiger partial charge on any atom is -0.453 e. The molecule has 0 atom stereocenters. The van der Waals surface area contributed by atoms with Crippen LogP contribution in [-0.2, 0) is 11.3 Å². The molecule has 3 aromatic rings. The van der Waals surface area contributed by atoms with E-state index in [4.69, 9.17) is 9.15 Å². The number of para-hydroxylation sites is 1. The van der Waals surface area contributed by atoms with Gasteiger partial charge in [0.05, 0.1) is 22.8 Å². The normalized spacial score (nSPS) is 10.8. The van der Waals surface area contributed by atoms with Crippen molar-refractivity contribution in [2.45, 2.75) is 20.5 Å². The summed E-state index contributed by atoms with van der Waals surface area (Å²) in [6, 6.07) is 13.1. The fourth-order valence-electron chi connectivity index (χ4n) is 2.54. The van der Waals surface area contributed by atoms with Gasteiger partial charge in [-0.05, 0) is 38.1 Å². The monoisotopic (exact) mass is 325 g/mol. The molecule has 0 saturated carbocycles. The van der Waals surface area contributed by atoms with E-state index in [0.717, 1.165) is 17.1 Å². The maximum absolute atomic E-state index is 12.4. The molecule has 24 heavy (non-hydrogen) atoms. The van der Waals surface area contributed by atoms with Crippen molar-refractivity contribution in [3.05, 3.63) is 65.4 Å². The molecule has 6 heteroatoms. The maximum atomic E-state index is 12.4. The lowest BCUT2D eigenvalue weighted by Crippen LogP contribution is -2.12. The summed E-state index contributed by atoms with van der Waals surface area (Å²) < 4.78 is 12.3. The van der Waals surface area contributed by atoms with Gasteiger partial charge in [-0.25, -0.2) is 4.68 Å². The highest BCUT2D eigenvalue weighted by atomic mass is 16.5. The molecule has 0 bridgehead atoms. The van der Waals surface area contributed by atoms with Gasteiger partial charge in [0.2, 0.25) is 0 Å². The quantitative estimate of drug-likeness (QED) is 0.780. The number of carbonyl (C=O) groups excluding carboxylic acids is 1. The number of aromatic nitrogens is 2. The average Bonchev–Trinajstić information content (AvgIpc) is 3.16. The fraction of sp³-hybridized carbons (Fsp3) is 0.222. The van der Waals surface area contributed by atoms with Gasteiger partial charge in [-0.1, -0.05) is 18.2 Å². The summed E-state index contributed by atoms with van der Waals surface area (Å²) >= 11 is 0. The molecule has 0 saturated heterocycles. The number of amides is 1. The Labute approximate surface area is 140 Å². The van der Waals surface area contributed by atoms with Gasteiger partial charge in [-0.2, -0.15) is 5.10 Å². The molecule has 1 N–H and O–H groups in total. The summed E-state index contributed by atoms with van der Waals surface area (Å²) in [6.45, 7) is 4.11. The van der Waals surface area contributed by atoms with Crippen molar-refractivity contribution < 1.29 is 13.9 Å². The van der Waals surface area contributed by atoms with Crippen LogP contribution < -0.4 is 5.32 Å². The Hall–Kier alpha value is -2.86. The van der Waals surface area contributed by atoms with Gasteiger partial charge in [0, 0.05) is 7.11 Å². The van der Waals surface area contributed by atoms with Crippen molar-refractivity contribution in [2.24, 2.45) is 0 Å².